The third-order valence-electron chi connectivity index (χ3n) is 7.42. The second kappa shape index (κ2) is 9.72. The van der Waals surface area contributed by atoms with Gasteiger partial charge in [-0.2, -0.15) is 0 Å². The van der Waals surface area contributed by atoms with Crippen LogP contribution in [0.25, 0.3) is 22.5 Å². The average Bonchev–Trinajstić information content (AvgIpc) is 2.87. The van der Waals surface area contributed by atoms with Crippen LogP contribution in [0, 0.1) is 12.1 Å². The third-order valence-corrected chi connectivity index (χ3v) is 7.42. The number of rotatable bonds is 2. The molecule has 192 valence electrons. The first-order valence-corrected chi connectivity index (χ1v) is 12.4. The zero-order valence-electron chi connectivity index (χ0n) is 22.9. The number of hydrogen-bond donors (Lipinski definition) is 0. The van der Waals surface area contributed by atoms with Gasteiger partial charge in [-0.05, 0) is 54.2 Å². The van der Waals surface area contributed by atoms with E-state index >= 15 is 0 Å². The van der Waals surface area contributed by atoms with Gasteiger partial charge in [0.2, 0.25) is 0 Å². The summed E-state index contributed by atoms with van der Waals surface area (Å²) in [6.45, 7) is 8.88. The summed E-state index contributed by atoms with van der Waals surface area (Å²) in [4.78, 5) is 14.6. The van der Waals surface area contributed by atoms with Crippen LogP contribution in [0.3, 0.4) is 0 Å². The predicted molar refractivity (Wildman–Crippen MR) is 150 cm³/mol. The number of pyridine rings is 2. The van der Waals surface area contributed by atoms with Crippen molar-refractivity contribution in [2.24, 2.45) is 0 Å². The fourth-order valence-electron chi connectivity index (χ4n) is 4.72. The Balaban J connectivity index is 0.00000320. The Morgan fingerprint density at radius 3 is 1.38 bits per heavy atom. The standard InChI is InChI=1S/C32H34N4.Pt/c1-31(2)23-15-21(17-25(19-23)35(5)6)27-11-9-13-29(33-27)32(3,4)30-14-10-12-28(34-30)22-16-24(31)20-26(18-22)36(7)8;/h9-14,17-20H,1-8H3;/q-2;+2. The first kappa shape index (κ1) is 27.1. The monoisotopic (exact) mass is 669 g/mol. The summed E-state index contributed by atoms with van der Waals surface area (Å²) in [5, 5.41) is 0. The minimum absolute atomic E-state index is 0. The van der Waals surface area contributed by atoms with Gasteiger partial charge in [-0.15, -0.1) is 58.7 Å². The van der Waals surface area contributed by atoms with Crippen LogP contribution in [0.15, 0.2) is 60.7 Å². The Hall–Kier alpha value is -2.97. The van der Waals surface area contributed by atoms with Crippen LogP contribution in [-0.2, 0) is 31.9 Å². The Kier molecular flexibility index (Phi) is 7.12. The molecule has 2 aromatic carbocycles. The molecule has 0 atom stereocenters. The smallest absolute Gasteiger partial charge is 0.394 e. The fourth-order valence-corrected chi connectivity index (χ4v) is 4.72. The normalized spacial score (nSPS) is 14.7. The van der Waals surface area contributed by atoms with Gasteiger partial charge in [0.25, 0.3) is 0 Å². The van der Waals surface area contributed by atoms with Crippen molar-refractivity contribution in [3.8, 4) is 22.5 Å². The Bertz CT molecular complexity index is 1350. The molecule has 4 aromatic rings. The summed E-state index contributed by atoms with van der Waals surface area (Å²) < 4.78 is 0. The van der Waals surface area contributed by atoms with E-state index in [0.717, 1.165) is 56.4 Å². The first-order valence-electron chi connectivity index (χ1n) is 12.4. The molecule has 0 amide bonds. The molecule has 0 saturated heterocycles. The van der Waals surface area contributed by atoms with Gasteiger partial charge >= 0.3 is 21.1 Å². The summed E-state index contributed by atoms with van der Waals surface area (Å²) in [6.07, 6.45) is 0. The summed E-state index contributed by atoms with van der Waals surface area (Å²) in [7, 11) is 8.32. The minimum atomic E-state index is -0.376. The number of aromatic nitrogens is 2. The van der Waals surface area contributed by atoms with Gasteiger partial charge in [0, 0.05) is 45.0 Å². The van der Waals surface area contributed by atoms with Crippen LogP contribution < -0.4 is 9.80 Å². The van der Waals surface area contributed by atoms with Crippen molar-refractivity contribution < 1.29 is 21.1 Å². The molecule has 5 heteroatoms. The minimum Gasteiger partial charge on any atom is -0.394 e. The van der Waals surface area contributed by atoms with E-state index in [0.29, 0.717) is 0 Å². The molecular formula is C32H34N4Pt. The van der Waals surface area contributed by atoms with Crippen LogP contribution in [0.2, 0.25) is 0 Å². The molecular weight excluding hydrogens is 635 g/mol. The van der Waals surface area contributed by atoms with Crippen molar-refractivity contribution in [3.63, 3.8) is 0 Å². The van der Waals surface area contributed by atoms with Crippen LogP contribution in [0.5, 0.6) is 0 Å². The van der Waals surface area contributed by atoms with Gasteiger partial charge in [-0.3, -0.25) is 0 Å². The summed E-state index contributed by atoms with van der Waals surface area (Å²) in [5.41, 5.74) is 9.52. The van der Waals surface area contributed by atoms with E-state index in [9.17, 15) is 0 Å². The van der Waals surface area contributed by atoms with Crippen molar-refractivity contribution in [2.75, 3.05) is 38.0 Å². The molecule has 4 nitrogen and oxygen atoms in total. The molecule has 0 N–H and O–H groups in total. The van der Waals surface area contributed by atoms with Crippen molar-refractivity contribution in [3.05, 3.63) is 95.3 Å². The Morgan fingerprint density at radius 2 is 1.00 bits per heavy atom. The number of benzene rings is 2. The molecule has 0 saturated carbocycles. The topological polar surface area (TPSA) is 32.3 Å². The molecule has 0 spiro atoms. The van der Waals surface area contributed by atoms with Crippen molar-refractivity contribution in [1.29, 1.82) is 0 Å². The molecule has 1 aliphatic rings. The SMILES string of the molecule is CN(C)c1cc2[c-]c(c1)C(C)(C)c1[c-]c(cc(N(C)C)c1)-c1cccc(n1)C(C)(C)c1cccc-2n1.[Pt+2]. The van der Waals surface area contributed by atoms with Gasteiger partial charge in [0.15, 0.2) is 0 Å². The zero-order valence-corrected chi connectivity index (χ0v) is 25.2. The van der Waals surface area contributed by atoms with E-state index in [1.54, 1.807) is 0 Å². The number of hydrogen-bond acceptors (Lipinski definition) is 4. The molecule has 0 fully saturated rings. The molecule has 0 unspecified atom stereocenters. The number of fused-ring (bicyclic) bond motifs is 10. The van der Waals surface area contributed by atoms with Gasteiger partial charge < -0.3 is 19.8 Å². The van der Waals surface area contributed by atoms with Crippen molar-refractivity contribution >= 4 is 11.4 Å². The van der Waals surface area contributed by atoms with Gasteiger partial charge in [0.05, 0.1) is 0 Å². The van der Waals surface area contributed by atoms with E-state index in [1.165, 1.54) is 0 Å². The van der Waals surface area contributed by atoms with E-state index in [-0.39, 0.29) is 31.9 Å². The Labute approximate surface area is 236 Å². The molecule has 3 heterocycles. The second-order valence-corrected chi connectivity index (χ2v) is 11.2. The summed E-state index contributed by atoms with van der Waals surface area (Å²) in [5.74, 6) is 0. The summed E-state index contributed by atoms with van der Waals surface area (Å²) >= 11 is 0. The average molecular weight is 670 g/mol. The van der Waals surface area contributed by atoms with Crippen LogP contribution in [0.1, 0.15) is 50.2 Å². The second-order valence-electron chi connectivity index (χ2n) is 11.2. The maximum absolute atomic E-state index is 5.15. The number of nitrogens with zero attached hydrogens (tertiary/aromatic N) is 4. The first-order chi connectivity index (χ1) is 17.0. The quantitative estimate of drug-likeness (QED) is 0.228. The van der Waals surface area contributed by atoms with Gasteiger partial charge in [-0.1, -0.05) is 38.1 Å². The van der Waals surface area contributed by atoms with E-state index in [4.69, 9.17) is 9.97 Å². The molecule has 0 radical (unpaired) electrons. The van der Waals surface area contributed by atoms with E-state index in [1.807, 2.05) is 0 Å². The number of anilines is 2. The molecule has 1 aliphatic heterocycles. The van der Waals surface area contributed by atoms with Crippen LogP contribution in [-0.4, -0.2) is 38.2 Å². The van der Waals surface area contributed by atoms with E-state index < -0.39 is 0 Å². The molecule has 2 aromatic heterocycles. The predicted octanol–water partition coefficient (Wildman–Crippen LogP) is 6.51. The van der Waals surface area contributed by atoms with E-state index in [2.05, 4.69) is 138 Å². The van der Waals surface area contributed by atoms with Crippen LogP contribution in [0.4, 0.5) is 11.4 Å². The Morgan fingerprint density at radius 1 is 0.595 bits per heavy atom. The fraction of sp³-hybridized carbons (Fsp3) is 0.312. The van der Waals surface area contributed by atoms with Crippen LogP contribution >= 0.6 is 0 Å². The molecule has 8 bridgehead atoms. The van der Waals surface area contributed by atoms with Crippen molar-refractivity contribution in [2.45, 2.75) is 38.5 Å². The maximum Gasteiger partial charge on any atom is 2.00 e. The summed E-state index contributed by atoms with van der Waals surface area (Å²) in [6, 6.07) is 28.8. The molecule has 0 aliphatic carbocycles. The third kappa shape index (κ3) is 4.84. The van der Waals surface area contributed by atoms with Gasteiger partial charge in [0.1, 0.15) is 0 Å². The maximum atomic E-state index is 5.15. The van der Waals surface area contributed by atoms with Crippen molar-refractivity contribution in [1.82, 2.24) is 9.97 Å². The molecule has 37 heavy (non-hydrogen) atoms. The van der Waals surface area contributed by atoms with Gasteiger partial charge in [-0.25, -0.2) is 0 Å². The largest absolute Gasteiger partial charge is 2.00 e. The molecule has 5 rings (SSSR count). The zero-order chi connectivity index (χ0) is 25.8.